The van der Waals surface area contributed by atoms with E-state index in [9.17, 15) is 13.2 Å². The Bertz CT molecular complexity index is 917. The summed E-state index contributed by atoms with van der Waals surface area (Å²) < 4.78 is 53.8. The molecule has 2 nitrogen and oxygen atoms in total. The third-order valence-corrected chi connectivity index (χ3v) is 4.77. The van der Waals surface area contributed by atoms with Crippen molar-refractivity contribution in [3.8, 4) is 11.5 Å². The smallest absolute Gasteiger partial charge is 0.522 e. The number of hydrogen-bond acceptors (Lipinski definition) is 2. The molecule has 6 heteroatoms. The van der Waals surface area contributed by atoms with E-state index in [1.807, 2.05) is 0 Å². The highest BCUT2D eigenvalue weighted by atomic mass is 19.1. The van der Waals surface area contributed by atoms with Gasteiger partial charge >= 0.3 is 7.12 Å². The maximum Gasteiger partial charge on any atom is 0.633 e. The molecule has 3 aromatic carbocycles. The summed E-state index contributed by atoms with van der Waals surface area (Å²) in [5.74, 6) is -0.804. The molecule has 0 radical (unpaired) electrons. The Morgan fingerprint density at radius 3 is 1.90 bits per heavy atom. The number of benzene rings is 3. The highest BCUT2D eigenvalue weighted by molar-refractivity contribution is 6.63. The van der Waals surface area contributed by atoms with E-state index < -0.39 is 18.8 Å². The van der Waals surface area contributed by atoms with E-state index in [0.717, 1.165) is 25.7 Å². The van der Waals surface area contributed by atoms with Crippen LogP contribution in [-0.4, -0.2) is 7.12 Å². The second kappa shape index (κ2) is 10.8. The van der Waals surface area contributed by atoms with Crippen molar-refractivity contribution >= 4 is 12.6 Å². The zero-order chi connectivity index (χ0) is 21.3. The van der Waals surface area contributed by atoms with Crippen LogP contribution < -0.4 is 14.8 Å². The van der Waals surface area contributed by atoms with Gasteiger partial charge < -0.3 is 9.31 Å². The van der Waals surface area contributed by atoms with Crippen LogP contribution in [0.5, 0.6) is 11.5 Å². The molecule has 156 valence electrons. The lowest BCUT2D eigenvalue weighted by Crippen LogP contribution is -2.45. The topological polar surface area (TPSA) is 18.5 Å². The predicted octanol–water partition coefficient (Wildman–Crippen LogP) is 6.08. The zero-order valence-electron chi connectivity index (χ0n) is 16.9. The normalized spacial score (nSPS) is 10.7. The van der Waals surface area contributed by atoms with Crippen molar-refractivity contribution in [2.24, 2.45) is 0 Å². The summed E-state index contributed by atoms with van der Waals surface area (Å²) >= 11 is 0. The molecule has 3 rings (SSSR count). The Morgan fingerprint density at radius 2 is 1.33 bits per heavy atom. The second-order valence-corrected chi connectivity index (χ2v) is 7.10. The zero-order valence-corrected chi connectivity index (χ0v) is 16.9. The molecule has 0 N–H and O–H groups in total. The third-order valence-electron chi connectivity index (χ3n) is 4.77. The molecule has 0 bridgehead atoms. The fraction of sp³-hybridized carbons (Fsp3) is 0.250. The van der Waals surface area contributed by atoms with Crippen LogP contribution in [0, 0.1) is 17.5 Å². The first-order valence-electron chi connectivity index (χ1n) is 10.2. The standard InChI is InChI=1S/C24H24BF3O2/c1-2-3-4-5-13-22-23(14-8-15-24(22)28)25(29-20-11-6-9-18(26)16-20)30-21-12-7-10-19(27)17-21/h6-12,14-17H,2-5,13H2,1H3. The van der Waals surface area contributed by atoms with Crippen molar-refractivity contribution in [1.82, 2.24) is 0 Å². The molecular weight excluding hydrogens is 388 g/mol. The summed E-state index contributed by atoms with van der Waals surface area (Å²) in [6.45, 7) is 2.12. The SMILES string of the molecule is CCCCCCc1c(F)cccc1B(Oc1cccc(F)c1)Oc1cccc(F)c1. The Kier molecular flexibility index (Phi) is 7.83. The summed E-state index contributed by atoms with van der Waals surface area (Å²) in [5, 5.41) is 0. The van der Waals surface area contributed by atoms with Gasteiger partial charge in [0.2, 0.25) is 0 Å². The molecule has 0 saturated carbocycles. The molecule has 0 saturated heterocycles. The Morgan fingerprint density at radius 1 is 0.733 bits per heavy atom. The maximum absolute atomic E-state index is 14.7. The molecule has 0 aromatic heterocycles. The number of hydrogen-bond donors (Lipinski definition) is 0. The first-order valence-corrected chi connectivity index (χ1v) is 10.2. The molecule has 0 atom stereocenters. The van der Waals surface area contributed by atoms with E-state index in [0.29, 0.717) is 17.4 Å². The average Bonchev–Trinajstić information content (AvgIpc) is 2.72. The van der Waals surface area contributed by atoms with E-state index in [1.165, 1.54) is 42.5 Å². The van der Waals surface area contributed by atoms with E-state index >= 15 is 0 Å². The lowest BCUT2D eigenvalue weighted by molar-refractivity contribution is 0.434. The largest absolute Gasteiger partial charge is 0.633 e. The van der Waals surface area contributed by atoms with Crippen molar-refractivity contribution in [3.63, 3.8) is 0 Å². The quantitative estimate of drug-likeness (QED) is 0.297. The number of rotatable bonds is 10. The molecule has 0 amide bonds. The predicted molar refractivity (Wildman–Crippen MR) is 114 cm³/mol. The van der Waals surface area contributed by atoms with Crippen LogP contribution >= 0.6 is 0 Å². The summed E-state index contributed by atoms with van der Waals surface area (Å²) in [6.07, 6.45) is 4.50. The van der Waals surface area contributed by atoms with E-state index in [-0.39, 0.29) is 17.3 Å². The Hall–Kier alpha value is -2.89. The van der Waals surface area contributed by atoms with Crippen LogP contribution in [0.3, 0.4) is 0 Å². The molecule has 0 aliphatic carbocycles. The Labute approximate surface area is 175 Å². The minimum atomic E-state index is -1.06. The average molecular weight is 412 g/mol. The summed E-state index contributed by atoms with van der Waals surface area (Å²) in [7, 11) is -1.06. The van der Waals surface area contributed by atoms with Gasteiger partial charge in [-0.3, -0.25) is 0 Å². The van der Waals surface area contributed by atoms with Crippen LogP contribution in [0.25, 0.3) is 0 Å². The van der Waals surface area contributed by atoms with Gasteiger partial charge in [-0.05, 0) is 48.7 Å². The van der Waals surface area contributed by atoms with Gasteiger partial charge in [-0.15, -0.1) is 0 Å². The molecule has 0 unspecified atom stereocenters. The molecule has 0 aliphatic heterocycles. The van der Waals surface area contributed by atoms with Gasteiger partial charge in [0.15, 0.2) is 0 Å². The first kappa shape index (κ1) is 21.8. The highest BCUT2D eigenvalue weighted by Crippen LogP contribution is 2.19. The third kappa shape index (κ3) is 6.05. The van der Waals surface area contributed by atoms with Gasteiger partial charge in [-0.2, -0.15) is 0 Å². The van der Waals surface area contributed by atoms with Gasteiger partial charge in [0.25, 0.3) is 0 Å². The molecule has 0 aliphatic rings. The van der Waals surface area contributed by atoms with Gasteiger partial charge in [-0.25, -0.2) is 13.2 Å². The van der Waals surface area contributed by atoms with E-state index in [2.05, 4.69) is 6.92 Å². The van der Waals surface area contributed by atoms with Crippen molar-refractivity contribution < 1.29 is 22.5 Å². The molecule has 3 aromatic rings. The van der Waals surface area contributed by atoms with Crippen molar-refractivity contribution in [3.05, 3.63) is 89.7 Å². The first-order chi connectivity index (χ1) is 14.6. The van der Waals surface area contributed by atoms with Gasteiger partial charge in [-0.1, -0.05) is 50.5 Å². The second-order valence-electron chi connectivity index (χ2n) is 7.10. The fourth-order valence-electron chi connectivity index (χ4n) is 3.27. The van der Waals surface area contributed by atoms with Crippen LogP contribution in [0.15, 0.2) is 66.7 Å². The lowest BCUT2D eigenvalue weighted by Gasteiger charge is -2.20. The summed E-state index contributed by atoms with van der Waals surface area (Å²) in [6, 6.07) is 16.0. The molecule has 0 heterocycles. The van der Waals surface area contributed by atoms with Crippen LogP contribution in [-0.2, 0) is 6.42 Å². The lowest BCUT2D eigenvalue weighted by atomic mass is 9.74. The minimum absolute atomic E-state index is 0.234. The van der Waals surface area contributed by atoms with Crippen molar-refractivity contribution in [2.45, 2.75) is 39.0 Å². The Balaban J connectivity index is 1.93. The van der Waals surface area contributed by atoms with Gasteiger partial charge in [0, 0.05) is 17.6 Å². The summed E-state index contributed by atoms with van der Waals surface area (Å²) in [5.41, 5.74) is 0.992. The van der Waals surface area contributed by atoms with Crippen LogP contribution in [0.4, 0.5) is 13.2 Å². The van der Waals surface area contributed by atoms with Crippen LogP contribution in [0.1, 0.15) is 38.2 Å². The minimum Gasteiger partial charge on any atom is -0.522 e. The van der Waals surface area contributed by atoms with E-state index in [1.54, 1.807) is 24.3 Å². The monoisotopic (exact) mass is 412 g/mol. The highest BCUT2D eigenvalue weighted by Gasteiger charge is 2.30. The molecule has 0 fully saturated rings. The van der Waals surface area contributed by atoms with Gasteiger partial charge in [0.05, 0.1) is 0 Å². The van der Waals surface area contributed by atoms with E-state index in [4.69, 9.17) is 9.31 Å². The molecular formula is C24H24BF3O2. The van der Waals surface area contributed by atoms with Gasteiger partial charge in [0.1, 0.15) is 29.0 Å². The van der Waals surface area contributed by atoms with Crippen molar-refractivity contribution in [2.75, 3.05) is 0 Å². The fourth-order valence-corrected chi connectivity index (χ4v) is 3.27. The molecule has 0 spiro atoms. The maximum atomic E-state index is 14.7. The van der Waals surface area contributed by atoms with Crippen LogP contribution in [0.2, 0.25) is 0 Å². The van der Waals surface area contributed by atoms with Crippen molar-refractivity contribution in [1.29, 1.82) is 0 Å². The molecule has 30 heavy (non-hydrogen) atoms. The number of unbranched alkanes of at least 4 members (excludes halogenated alkanes) is 3. The summed E-state index contributed by atoms with van der Waals surface area (Å²) in [4.78, 5) is 0. The number of halogens is 3.